The van der Waals surface area contributed by atoms with Crippen molar-refractivity contribution in [2.24, 2.45) is 0 Å². The highest BCUT2D eigenvalue weighted by atomic mass is 32.1. The van der Waals surface area contributed by atoms with E-state index in [1.54, 1.807) is 26.8 Å². The maximum absolute atomic E-state index is 12.0. The van der Waals surface area contributed by atoms with Gasteiger partial charge >= 0.3 is 5.97 Å². The van der Waals surface area contributed by atoms with Crippen LogP contribution in [0.25, 0.3) is 0 Å². The van der Waals surface area contributed by atoms with Crippen molar-refractivity contribution in [2.45, 2.75) is 27.2 Å². The number of aromatic carboxylic acids is 1. The minimum absolute atomic E-state index is 0.153. The number of hydrogen-bond donors (Lipinski definition) is 2. The molecule has 0 aromatic carbocycles. The molecule has 0 saturated carbocycles. The topological polar surface area (TPSA) is 92.4 Å². The smallest absolute Gasteiger partial charge is 0.346 e. The molecule has 2 N–H and O–H groups in total. The first kappa shape index (κ1) is 14.3. The van der Waals surface area contributed by atoms with Gasteiger partial charge in [0, 0.05) is 5.56 Å². The molecule has 2 rings (SSSR count). The Morgan fingerprint density at radius 2 is 2.10 bits per heavy atom. The molecule has 0 saturated heterocycles. The molecule has 0 fully saturated rings. The zero-order valence-electron chi connectivity index (χ0n) is 11.3. The van der Waals surface area contributed by atoms with Gasteiger partial charge in [-0.05, 0) is 32.4 Å². The highest BCUT2D eigenvalue weighted by Crippen LogP contribution is 2.26. The van der Waals surface area contributed by atoms with E-state index < -0.39 is 5.97 Å². The SMILES string of the molecule is Cc1cc(NC(=O)Cc2c(C)noc2C)sc1C(=O)O. The molecule has 0 bridgehead atoms. The second kappa shape index (κ2) is 5.46. The van der Waals surface area contributed by atoms with Crippen molar-refractivity contribution >= 4 is 28.2 Å². The number of aromatic nitrogens is 1. The maximum atomic E-state index is 12.0. The average molecular weight is 294 g/mol. The standard InChI is InChI=1S/C13H14N2O4S/c1-6-4-11(20-12(6)13(17)18)14-10(16)5-9-7(2)15-19-8(9)3/h4H,5H2,1-3H3,(H,14,16)(H,17,18). The zero-order valence-corrected chi connectivity index (χ0v) is 12.1. The van der Waals surface area contributed by atoms with Gasteiger partial charge in [-0.15, -0.1) is 11.3 Å². The van der Waals surface area contributed by atoms with Gasteiger partial charge in [0.2, 0.25) is 5.91 Å². The van der Waals surface area contributed by atoms with Gasteiger partial charge in [-0.25, -0.2) is 4.79 Å². The van der Waals surface area contributed by atoms with Crippen LogP contribution in [-0.2, 0) is 11.2 Å². The van der Waals surface area contributed by atoms with Crippen LogP contribution in [0.5, 0.6) is 0 Å². The van der Waals surface area contributed by atoms with Crippen LogP contribution in [-0.4, -0.2) is 22.1 Å². The first-order chi connectivity index (χ1) is 9.38. The van der Waals surface area contributed by atoms with E-state index in [-0.39, 0.29) is 17.2 Å². The van der Waals surface area contributed by atoms with Crippen LogP contribution in [0.2, 0.25) is 0 Å². The number of nitrogens with zero attached hydrogens (tertiary/aromatic N) is 1. The van der Waals surface area contributed by atoms with Crippen molar-refractivity contribution < 1.29 is 19.2 Å². The van der Waals surface area contributed by atoms with Crippen LogP contribution in [0.15, 0.2) is 10.6 Å². The molecular weight excluding hydrogens is 280 g/mol. The fourth-order valence-corrected chi connectivity index (χ4v) is 2.78. The summed E-state index contributed by atoms with van der Waals surface area (Å²) in [5, 5.41) is 16.0. The third-order valence-corrected chi connectivity index (χ3v) is 4.03. The number of carbonyl (C=O) groups excluding carboxylic acids is 1. The fraction of sp³-hybridized carbons (Fsp3) is 0.308. The van der Waals surface area contributed by atoms with Gasteiger partial charge in [-0.2, -0.15) is 0 Å². The molecule has 0 atom stereocenters. The van der Waals surface area contributed by atoms with Crippen LogP contribution < -0.4 is 5.32 Å². The van der Waals surface area contributed by atoms with Gasteiger partial charge in [0.15, 0.2) is 0 Å². The van der Waals surface area contributed by atoms with Crippen molar-refractivity contribution in [3.05, 3.63) is 33.5 Å². The summed E-state index contributed by atoms with van der Waals surface area (Å²) in [6.07, 6.45) is 0.153. The summed E-state index contributed by atoms with van der Waals surface area (Å²) in [7, 11) is 0. The highest BCUT2D eigenvalue weighted by Gasteiger charge is 2.16. The Labute approximate surface area is 119 Å². The first-order valence-corrected chi connectivity index (χ1v) is 6.75. The Morgan fingerprint density at radius 3 is 2.60 bits per heavy atom. The molecule has 0 unspecified atom stereocenters. The molecule has 2 heterocycles. The van der Waals surface area contributed by atoms with Crippen LogP contribution in [0.1, 0.15) is 32.3 Å². The summed E-state index contributed by atoms with van der Waals surface area (Å²) >= 11 is 1.05. The summed E-state index contributed by atoms with van der Waals surface area (Å²) in [5.41, 5.74) is 2.08. The Kier molecular flexibility index (Phi) is 3.89. The Bertz CT molecular complexity index is 652. The second-order valence-electron chi connectivity index (χ2n) is 4.46. The van der Waals surface area contributed by atoms with E-state index in [4.69, 9.17) is 9.63 Å². The molecule has 2 aromatic rings. The van der Waals surface area contributed by atoms with Crippen molar-refractivity contribution in [1.82, 2.24) is 5.16 Å². The number of rotatable bonds is 4. The summed E-state index contributed by atoms with van der Waals surface area (Å²) < 4.78 is 5.00. The minimum Gasteiger partial charge on any atom is -0.477 e. The van der Waals surface area contributed by atoms with Gasteiger partial charge in [0.1, 0.15) is 10.6 Å². The summed E-state index contributed by atoms with van der Waals surface area (Å²) in [6.45, 7) is 5.22. The molecule has 0 aliphatic rings. The van der Waals surface area contributed by atoms with Crippen molar-refractivity contribution in [3.8, 4) is 0 Å². The number of nitrogens with one attached hydrogen (secondary N) is 1. The lowest BCUT2D eigenvalue weighted by atomic mass is 10.1. The summed E-state index contributed by atoms with van der Waals surface area (Å²) in [5.74, 6) is -0.595. The van der Waals surface area contributed by atoms with Crippen molar-refractivity contribution in [1.29, 1.82) is 0 Å². The molecule has 2 aromatic heterocycles. The minimum atomic E-state index is -0.987. The number of aryl methyl sites for hydroxylation is 3. The predicted octanol–water partition coefficient (Wildman–Crippen LogP) is 2.54. The lowest BCUT2D eigenvalue weighted by Crippen LogP contribution is -2.14. The monoisotopic (exact) mass is 294 g/mol. The molecule has 106 valence electrons. The largest absolute Gasteiger partial charge is 0.477 e. The molecule has 1 amide bonds. The van der Waals surface area contributed by atoms with Crippen molar-refractivity contribution in [2.75, 3.05) is 5.32 Å². The van der Waals surface area contributed by atoms with Gasteiger partial charge < -0.3 is 14.9 Å². The molecule has 6 nitrogen and oxygen atoms in total. The normalized spacial score (nSPS) is 10.6. The fourth-order valence-electron chi connectivity index (χ4n) is 1.85. The van der Waals surface area contributed by atoms with E-state index in [1.165, 1.54) is 0 Å². The predicted molar refractivity (Wildman–Crippen MR) is 74.3 cm³/mol. The lowest BCUT2D eigenvalue weighted by molar-refractivity contribution is -0.115. The molecule has 0 aliphatic carbocycles. The van der Waals surface area contributed by atoms with Gasteiger partial charge in [-0.1, -0.05) is 5.16 Å². The first-order valence-electron chi connectivity index (χ1n) is 5.93. The number of carboxylic acids is 1. The lowest BCUT2D eigenvalue weighted by Gasteiger charge is -2.01. The van der Waals surface area contributed by atoms with Gasteiger partial charge in [0.25, 0.3) is 0 Å². The van der Waals surface area contributed by atoms with E-state index in [0.29, 0.717) is 22.0 Å². The molecule has 20 heavy (non-hydrogen) atoms. The third kappa shape index (κ3) is 2.88. The van der Waals surface area contributed by atoms with Crippen molar-refractivity contribution in [3.63, 3.8) is 0 Å². The number of carboxylic acid groups (broad SMARTS) is 1. The third-order valence-electron chi connectivity index (χ3n) is 2.89. The highest BCUT2D eigenvalue weighted by molar-refractivity contribution is 7.18. The van der Waals surface area contributed by atoms with E-state index in [0.717, 1.165) is 16.9 Å². The summed E-state index contributed by atoms with van der Waals surface area (Å²) in [6, 6.07) is 1.65. The summed E-state index contributed by atoms with van der Waals surface area (Å²) in [4.78, 5) is 23.1. The molecule has 0 aliphatic heterocycles. The molecule has 0 radical (unpaired) electrons. The molecular formula is C13H14N2O4S. The zero-order chi connectivity index (χ0) is 14.9. The quantitative estimate of drug-likeness (QED) is 0.904. The second-order valence-corrected chi connectivity index (χ2v) is 5.51. The number of thiophene rings is 1. The Morgan fingerprint density at radius 1 is 1.40 bits per heavy atom. The van der Waals surface area contributed by atoms with Crippen LogP contribution in [0.3, 0.4) is 0 Å². The van der Waals surface area contributed by atoms with E-state index in [2.05, 4.69) is 10.5 Å². The van der Waals surface area contributed by atoms with Gasteiger partial charge in [-0.3, -0.25) is 4.79 Å². The van der Waals surface area contributed by atoms with Crippen LogP contribution in [0.4, 0.5) is 5.00 Å². The maximum Gasteiger partial charge on any atom is 0.346 e. The van der Waals surface area contributed by atoms with Crippen LogP contribution in [0, 0.1) is 20.8 Å². The van der Waals surface area contributed by atoms with E-state index in [9.17, 15) is 9.59 Å². The number of amides is 1. The molecule has 7 heteroatoms. The number of hydrogen-bond acceptors (Lipinski definition) is 5. The van der Waals surface area contributed by atoms with Crippen LogP contribution >= 0.6 is 11.3 Å². The number of carbonyl (C=O) groups is 2. The van der Waals surface area contributed by atoms with E-state index in [1.807, 2.05) is 0 Å². The Hall–Kier alpha value is -2.15. The Balaban J connectivity index is 2.09. The molecule has 0 spiro atoms. The number of anilines is 1. The van der Waals surface area contributed by atoms with E-state index >= 15 is 0 Å². The average Bonchev–Trinajstić information content (AvgIpc) is 2.86. The van der Waals surface area contributed by atoms with Gasteiger partial charge in [0.05, 0.1) is 17.1 Å².